The fourth-order valence-electron chi connectivity index (χ4n) is 4.98. The number of para-hydroxylation sites is 1. The van der Waals surface area contributed by atoms with Crippen molar-refractivity contribution < 1.29 is 24.5 Å². The molecule has 0 saturated heterocycles. The predicted octanol–water partition coefficient (Wildman–Crippen LogP) is 9.13. The number of rotatable bonds is 4. The van der Waals surface area contributed by atoms with Gasteiger partial charge < -0.3 is 9.40 Å². The van der Waals surface area contributed by atoms with Gasteiger partial charge in [-0.1, -0.05) is 41.3 Å². The van der Waals surface area contributed by atoms with Crippen LogP contribution >= 0.6 is 0 Å². The zero-order valence-electron chi connectivity index (χ0n) is 24.6. The molecule has 6 aromatic rings. The molecule has 0 amide bonds. The van der Waals surface area contributed by atoms with Crippen molar-refractivity contribution in [1.29, 1.82) is 0 Å². The Balaban J connectivity index is 0.000000185. The Morgan fingerprint density at radius 1 is 0.780 bits per heavy atom. The summed E-state index contributed by atoms with van der Waals surface area (Å²) in [5, 5.41) is 2.23. The van der Waals surface area contributed by atoms with Crippen molar-refractivity contribution in [3.8, 4) is 22.5 Å². The summed E-state index contributed by atoms with van der Waals surface area (Å²) in [7, 11) is 0. The zero-order chi connectivity index (χ0) is 28.3. The quantitative estimate of drug-likeness (QED) is 0.133. The van der Waals surface area contributed by atoms with Crippen molar-refractivity contribution in [1.82, 2.24) is 9.97 Å². The molecule has 0 aliphatic rings. The number of hydrogen-bond donors (Lipinski definition) is 0. The van der Waals surface area contributed by atoms with Crippen LogP contribution in [0.25, 0.3) is 44.5 Å². The van der Waals surface area contributed by atoms with Gasteiger partial charge >= 0.3 is 132 Å². The maximum atomic E-state index is 5.97. The van der Waals surface area contributed by atoms with Gasteiger partial charge in [0, 0.05) is 31.7 Å². The maximum absolute atomic E-state index is 5.97. The molecule has 211 valence electrons. The molecular formula is C36H36GeIrN2O-2. The van der Waals surface area contributed by atoms with Crippen molar-refractivity contribution in [2.75, 3.05) is 0 Å². The molecule has 0 fully saturated rings. The largest absolute Gasteiger partial charge is 0.501 e. The molecule has 0 spiro atoms. The fourth-order valence-corrected chi connectivity index (χ4v) is 8.29. The molecule has 0 unspecified atom stereocenters. The number of aromatic nitrogens is 2. The van der Waals surface area contributed by atoms with E-state index in [9.17, 15) is 0 Å². The van der Waals surface area contributed by atoms with Crippen molar-refractivity contribution in [3.63, 3.8) is 0 Å². The number of furan rings is 1. The summed E-state index contributed by atoms with van der Waals surface area (Å²) in [5.41, 5.74) is 7.45. The van der Waals surface area contributed by atoms with Crippen LogP contribution in [-0.2, 0) is 26.5 Å². The summed E-state index contributed by atoms with van der Waals surface area (Å²) < 4.78 is 7.50. The molecule has 3 nitrogen and oxygen atoms in total. The molecule has 6 rings (SSSR count). The first kappa shape index (κ1) is 30.9. The third-order valence-corrected chi connectivity index (χ3v) is 11.1. The third-order valence-electron chi connectivity index (χ3n) is 6.76. The van der Waals surface area contributed by atoms with E-state index in [0.717, 1.165) is 50.9 Å². The van der Waals surface area contributed by atoms with E-state index in [1.165, 1.54) is 9.96 Å². The topological polar surface area (TPSA) is 38.9 Å². The van der Waals surface area contributed by atoms with Gasteiger partial charge in [0.2, 0.25) is 0 Å². The van der Waals surface area contributed by atoms with E-state index in [0.29, 0.717) is 5.41 Å². The molecule has 3 aromatic heterocycles. The van der Waals surface area contributed by atoms with E-state index in [-0.39, 0.29) is 20.1 Å². The Hall–Kier alpha value is -3.05. The second-order valence-electron chi connectivity index (χ2n) is 12.4. The molecule has 41 heavy (non-hydrogen) atoms. The Kier molecular flexibility index (Phi) is 9.69. The molecule has 0 N–H and O–H groups in total. The van der Waals surface area contributed by atoms with Crippen molar-refractivity contribution >= 4 is 39.6 Å². The van der Waals surface area contributed by atoms with Crippen LogP contribution in [0.3, 0.4) is 0 Å². The van der Waals surface area contributed by atoms with Crippen LogP contribution in [0.5, 0.6) is 0 Å². The van der Waals surface area contributed by atoms with Gasteiger partial charge in [0.1, 0.15) is 5.58 Å². The number of hydrogen-bond acceptors (Lipinski definition) is 3. The van der Waals surface area contributed by atoms with Crippen molar-refractivity contribution in [2.24, 2.45) is 5.41 Å². The zero-order valence-corrected chi connectivity index (χ0v) is 29.1. The molecule has 0 saturated carbocycles. The summed E-state index contributed by atoms with van der Waals surface area (Å²) in [6, 6.07) is 34.8. The Labute approximate surface area is 260 Å². The molecular weight excluding hydrogens is 741 g/mol. The Bertz CT molecular complexity index is 1730. The van der Waals surface area contributed by atoms with Gasteiger partial charge in [0.05, 0.1) is 5.58 Å². The molecule has 0 aliphatic heterocycles. The average molecular weight is 778 g/mol. The standard InChI is InChI=1S/C19H26GeN.C17H10NO.Ir/c1-19(2,3)13-16-12-18(15-10-8-7-9-11-15)21-14-17(16)20(4,5)6;1-2-10-16-12(6-1)13-7-5-8-14(17(13)19-16)15-9-3-4-11-18-15;/h7-10,12,14H,13H2,1-6H3;1-7,9-11H;/q2*-1;. The number of pyridine rings is 2. The van der Waals surface area contributed by atoms with Crippen LogP contribution in [0.4, 0.5) is 0 Å². The van der Waals surface area contributed by atoms with Gasteiger partial charge in [-0.15, -0.1) is 18.2 Å². The second kappa shape index (κ2) is 12.9. The smallest absolute Gasteiger partial charge is 0.120 e. The molecule has 3 aromatic carbocycles. The number of nitrogens with zero attached hydrogens (tertiary/aromatic N) is 2. The first-order valence-electron chi connectivity index (χ1n) is 13.8. The monoisotopic (exact) mass is 779 g/mol. The summed E-state index contributed by atoms with van der Waals surface area (Å²) >= 11 is -1.90. The minimum Gasteiger partial charge on any atom is -0.501 e. The Morgan fingerprint density at radius 2 is 1.54 bits per heavy atom. The van der Waals surface area contributed by atoms with E-state index < -0.39 is 13.3 Å². The molecule has 0 atom stereocenters. The van der Waals surface area contributed by atoms with Crippen LogP contribution in [0, 0.1) is 17.5 Å². The fraction of sp³-hybridized carbons (Fsp3) is 0.222. The minimum atomic E-state index is -1.90. The summed E-state index contributed by atoms with van der Waals surface area (Å²) in [5.74, 6) is 7.33. The summed E-state index contributed by atoms with van der Waals surface area (Å²) in [6.07, 6.45) is 5.02. The number of fused-ring (bicyclic) bond motifs is 3. The second-order valence-corrected chi connectivity index (χ2v) is 23.0. The number of benzene rings is 3. The first-order chi connectivity index (χ1) is 19.1. The van der Waals surface area contributed by atoms with Gasteiger partial charge in [-0.3, -0.25) is 0 Å². The molecule has 0 aliphatic carbocycles. The van der Waals surface area contributed by atoms with E-state index in [4.69, 9.17) is 9.40 Å². The predicted molar refractivity (Wildman–Crippen MR) is 170 cm³/mol. The molecule has 0 bridgehead atoms. The molecule has 5 heteroatoms. The Morgan fingerprint density at radius 3 is 2.22 bits per heavy atom. The van der Waals surface area contributed by atoms with Crippen molar-refractivity contribution in [3.05, 3.63) is 115 Å². The molecule has 3 heterocycles. The summed E-state index contributed by atoms with van der Waals surface area (Å²) in [6.45, 7) is 6.92. The van der Waals surface area contributed by atoms with Gasteiger partial charge in [0.25, 0.3) is 0 Å². The van der Waals surface area contributed by atoms with Crippen LogP contribution in [0.2, 0.25) is 17.3 Å². The van der Waals surface area contributed by atoms with Crippen LogP contribution in [0.1, 0.15) is 26.3 Å². The van der Waals surface area contributed by atoms with E-state index in [2.05, 4.69) is 79.6 Å². The van der Waals surface area contributed by atoms with Crippen LogP contribution < -0.4 is 4.40 Å². The van der Waals surface area contributed by atoms with Gasteiger partial charge in [-0.2, -0.15) is 0 Å². The van der Waals surface area contributed by atoms with Crippen LogP contribution in [-0.4, -0.2) is 23.2 Å². The average Bonchev–Trinajstić information content (AvgIpc) is 3.32. The van der Waals surface area contributed by atoms with E-state index >= 15 is 0 Å². The maximum Gasteiger partial charge on any atom is 0.120 e. The SMILES string of the molecule is CC(C)(C)Cc1cc(-c2[c-]cccc2)nc[c]1[Ge]([CH3])([CH3])[CH3].[Ir].[c-]1ccc2c(oc3ccccc32)c1-c1ccccn1. The van der Waals surface area contributed by atoms with E-state index in [1.807, 2.05) is 66.7 Å². The molecule has 1 radical (unpaired) electrons. The van der Waals surface area contributed by atoms with Gasteiger partial charge in [-0.05, 0) is 17.8 Å². The third kappa shape index (κ3) is 7.43. The van der Waals surface area contributed by atoms with Gasteiger partial charge in [-0.25, -0.2) is 0 Å². The summed E-state index contributed by atoms with van der Waals surface area (Å²) in [4.78, 5) is 9.10. The van der Waals surface area contributed by atoms with Crippen LogP contribution in [0.15, 0.2) is 102 Å². The van der Waals surface area contributed by atoms with E-state index in [1.54, 1.807) is 6.20 Å². The minimum absolute atomic E-state index is 0. The van der Waals surface area contributed by atoms with Gasteiger partial charge in [0.15, 0.2) is 0 Å². The van der Waals surface area contributed by atoms with Crippen molar-refractivity contribution in [2.45, 2.75) is 44.5 Å². The first-order valence-corrected chi connectivity index (χ1v) is 21.1. The normalized spacial score (nSPS) is 11.6.